The van der Waals surface area contributed by atoms with Crippen LogP contribution in [0.5, 0.6) is 0 Å². The number of carbonyl (C=O) groups is 1. The number of hydrogen-bond donors (Lipinski definition) is 0. The van der Waals surface area contributed by atoms with E-state index >= 15 is 0 Å². The molecule has 1 saturated heterocycles. The first-order chi connectivity index (χ1) is 7.63. The third kappa shape index (κ3) is 3.98. The van der Waals surface area contributed by atoms with Crippen molar-refractivity contribution < 1.29 is 9.53 Å². The first-order valence-electron chi connectivity index (χ1n) is 6.61. The fourth-order valence-electron chi connectivity index (χ4n) is 2.10. The minimum absolute atomic E-state index is 0.112. The summed E-state index contributed by atoms with van der Waals surface area (Å²) in [6.45, 7) is 13.9. The van der Waals surface area contributed by atoms with Crippen molar-refractivity contribution in [2.45, 2.75) is 65.5 Å². The number of likely N-dealkylation sites (tertiary alicyclic amines) is 1. The van der Waals surface area contributed by atoms with Crippen LogP contribution in [0, 0.1) is 5.92 Å². The van der Waals surface area contributed by atoms with E-state index in [4.69, 9.17) is 4.74 Å². The van der Waals surface area contributed by atoms with Crippen LogP contribution in [0.3, 0.4) is 0 Å². The minimum atomic E-state index is -0.507. The molecule has 1 aliphatic rings. The lowest BCUT2D eigenvalue weighted by atomic mass is 9.93. The third-order valence-electron chi connectivity index (χ3n) is 3.47. The van der Waals surface area contributed by atoms with Crippen molar-refractivity contribution in [3.63, 3.8) is 0 Å². The molecule has 0 aromatic carbocycles. The minimum Gasteiger partial charge on any atom is -0.459 e. The van der Waals surface area contributed by atoms with Crippen molar-refractivity contribution in [2.75, 3.05) is 13.1 Å². The van der Waals surface area contributed by atoms with Gasteiger partial charge >= 0.3 is 5.97 Å². The van der Waals surface area contributed by atoms with Crippen LogP contribution in [-0.4, -0.2) is 35.1 Å². The predicted molar refractivity (Wildman–Crippen MR) is 69.9 cm³/mol. The number of piperidine rings is 1. The number of rotatable bonds is 2. The molecule has 0 spiro atoms. The molecule has 0 unspecified atom stereocenters. The second-order valence-corrected chi connectivity index (χ2v) is 6.73. The molecular weight excluding hydrogens is 214 g/mol. The Morgan fingerprint density at radius 2 is 1.59 bits per heavy atom. The maximum atomic E-state index is 12.2. The average molecular weight is 241 g/mol. The van der Waals surface area contributed by atoms with E-state index in [9.17, 15) is 4.79 Å². The van der Waals surface area contributed by atoms with E-state index in [2.05, 4.69) is 11.8 Å². The molecule has 0 bridgehead atoms. The summed E-state index contributed by atoms with van der Waals surface area (Å²) in [5.74, 6) is 0.667. The van der Waals surface area contributed by atoms with Crippen LogP contribution in [0.4, 0.5) is 0 Å². The quantitative estimate of drug-likeness (QED) is 0.696. The zero-order valence-corrected chi connectivity index (χ0v) is 12.2. The normalized spacial score (nSPS) is 20.4. The van der Waals surface area contributed by atoms with E-state index in [1.54, 1.807) is 0 Å². The van der Waals surface area contributed by atoms with Crippen LogP contribution >= 0.6 is 0 Å². The Hall–Kier alpha value is -0.570. The van der Waals surface area contributed by atoms with Gasteiger partial charge in [-0.25, -0.2) is 0 Å². The van der Waals surface area contributed by atoms with Crippen molar-refractivity contribution in [3.05, 3.63) is 0 Å². The molecule has 0 N–H and O–H groups in total. The van der Waals surface area contributed by atoms with Gasteiger partial charge in [0, 0.05) is 0 Å². The Labute approximate surface area is 106 Å². The molecule has 3 nitrogen and oxygen atoms in total. The molecule has 0 radical (unpaired) electrons. The topological polar surface area (TPSA) is 29.5 Å². The van der Waals surface area contributed by atoms with Crippen LogP contribution < -0.4 is 0 Å². The standard InChI is InChI=1S/C14H27NO2/c1-11-7-9-15(10-8-11)14(5,6)12(16)17-13(2,3)4/h11H,7-10H2,1-6H3. The lowest BCUT2D eigenvalue weighted by Crippen LogP contribution is -2.54. The third-order valence-corrected chi connectivity index (χ3v) is 3.47. The molecule has 3 heteroatoms. The Balaban J connectivity index is 2.64. The number of hydrogen-bond acceptors (Lipinski definition) is 3. The van der Waals surface area contributed by atoms with Gasteiger partial charge in [-0.3, -0.25) is 9.69 Å². The van der Waals surface area contributed by atoms with Crippen molar-refractivity contribution in [1.82, 2.24) is 4.90 Å². The van der Waals surface area contributed by atoms with Crippen molar-refractivity contribution in [2.24, 2.45) is 5.92 Å². The van der Waals surface area contributed by atoms with Gasteiger partial charge in [0.2, 0.25) is 0 Å². The molecule has 0 amide bonds. The van der Waals surface area contributed by atoms with E-state index in [-0.39, 0.29) is 5.97 Å². The van der Waals surface area contributed by atoms with Gasteiger partial charge in [-0.15, -0.1) is 0 Å². The van der Waals surface area contributed by atoms with Crippen LogP contribution in [-0.2, 0) is 9.53 Å². The highest BCUT2D eigenvalue weighted by atomic mass is 16.6. The Kier molecular flexibility index (Phi) is 4.23. The zero-order chi connectivity index (χ0) is 13.3. The van der Waals surface area contributed by atoms with E-state index in [1.807, 2.05) is 34.6 Å². The second-order valence-electron chi connectivity index (χ2n) is 6.73. The molecule has 0 aromatic heterocycles. The first kappa shape index (κ1) is 14.5. The molecule has 0 aromatic rings. The van der Waals surface area contributed by atoms with Crippen molar-refractivity contribution in [3.8, 4) is 0 Å². The SMILES string of the molecule is CC1CCN(C(C)(C)C(=O)OC(C)(C)C)CC1. The van der Waals surface area contributed by atoms with E-state index in [1.165, 1.54) is 12.8 Å². The average Bonchev–Trinajstić information content (AvgIpc) is 2.15. The van der Waals surface area contributed by atoms with Gasteiger partial charge in [0.15, 0.2) is 0 Å². The monoisotopic (exact) mass is 241 g/mol. The molecule has 1 aliphatic heterocycles. The van der Waals surface area contributed by atoms with Crippen LogP contribution in [0.15, 0.2) is 0 Å². The maximum Gasteiger partial charge on any atom is 0.326 e. The lowest BCUT2D eigenvalue weighted by molar-refractivity contribution is -0.168. The molecule has 1 fully saturated rings. The molecule has 17 heavy (non-hydrogen) atoms. The van der Waals surface area contributed by atoms with E-state index in [0.29, 0.717) is 0 Å². The summed E-state index contributed by atoms with van der Waals surface area (Å²) in [6, 6.07) is 0. The molecule has 0 aliphatic carbocycles. The molecule has 100 valence electrons. The maximum absolute atomic E-state index is 12.2. The number of carbonyl (C=O) groups excluding carboxylic acids is 1. The summed E-state index contributed by atoms with van der Waals surface area (Å²) in [7, 11) is 0. The number of nitrogens with zero attached hydrogens (tertiary/aromatic N) is 1. The first-order valence-corrected chi connectivity index (χ1v) is 6.61. The highest BCUT2D eigenvalue weighted by Gasteiger charge is 2.39. The Morgan fingerprint density at radius 3 is 2.00 bits per heavy atom. The lowest BCUT2D eigenvalue weighted by Gasteiger charge is -2.41. The summed E-state index contributed by atoms with van der Waals surface area (Å²) >= 11 is 0. The Bertz CT molecular complexity index is 270. The fourth-order valence-corrected chi connectivity index (χ4v) is 2.10. The largest absolute Gasteiger partial charge is 0.459 e. The van der Waals surface area contributed by atoms with Crippen LogP contribution in [0.1, 0.15) is 54.4 Å². The molecule has 1 rings (SSSR count). The molecule has 0 saturated carbocycles. The van der Waals surface area contributed by atoms with Crippen LogP contribution in [0.25, 0.3) is 0 Å². The van der Waals surface area contributed by atoms with Gasteiger partial charge in [-0.1, -0.05) is 6.92 Å². The number of ether oxygens (including phenoxy) is 1. The van der Waals surface area contributed by atoms with Gasteiger partial charge in [-0.2, -0.15) is 0 Å². The van der Waals surface area contributed by atoms with Gasteiger partial charge in [-0.05, 0) is 66.5 Å². The smallest absolute Gasteiger partial charge is 0.326 e. The fraction of sp³-hybridized carbons (Fsp3) is 0.929. The summed E-state index contributed by atoms with van der Waals surface area (Å²) in [5, 5.41) is 0. The van der Waals surface area contributed by atoms with Gasteiger partial charge in [0.05, 0.1) is 0 Å². The summed E-state index contributed by atoms with van der Waals surface area (Å²) < 4.78 is 5.50. The predicted octanol–water partition coefficient (Wildman–Crippen LogP) is 2.84. The highest BCUT2D eigenvalue weighted by molar-refractivity contribution is 5.80. The summed E-state index contributed by atoms with van der Waals surface area (Å²) in [4.78, 5) is 14.4. The summed E-state index contributed by atoms with van der Waals surface area (Å²) in [5.41, 5.74) is -0.912. The highest BCUT2D eigenvalue weighted by Crippen LogP contribution is 2.26. The molecule has 0 atom stereocenters. The van der Waals surface area contributed by atoms with Gasteiger partial charge < -0.3 is 4.74 Å². The molecular formula is C14H27NO2. The van der Waals surface area contributed by atoms with Crippen molar-refractivity contribution >= 4 is 5.97 Å². The number of esters is 1. The Morgan fingerprint density at radius 1 is 1.12 bits per heavy atom. The van der Waals surface area contributed by atoms with Crippen molar-refractivity contribution in [1.29, 1.82) is 0 Å². The van der Waals surface area contributed by atoms with Gasteiger partial charge in [0.25, 0.3) is 0 Å². The van der Waals surface area contributed by atoms with E-state index in [0.717, 1.165) is 19.0 Å². The second kappa shape index (κ2) is 4.97. The van der Waals surface area contributed by atoms with Crippen LogP contribution in [0.2, 0.25) is 0 Å². The molecule has 1 heterocycles. The van der Waals surface area contributed by atoms with E-state index < -0.39 is 11.1 Å². The van der Waals surface area contributed by atoms with Gasteiger partial charge in [0.1, 0.15) is 11.1 Å². The summed E-state index contributed by atoms with van der Waals surface area (Å²) in [6.07, 6.45) is 2.35. The zero-order valence-electron chi connectivity index (χ0n) is 12.2.